The lowest BCUT2D eigenvalue weighted by molar-refractivity contribution is 0.102. The zero-order valence-electron chi connectivity index (χ0n) is 19.2. The van der Waals surface area contributed by atoms with Crippen LogP contribution in [0.2, 0.25) is 0 Å². The van der Waals surface area contributed by atoms with E-state index in [9.17, 15) is 4.79 Å². The molecule has 0 saturated carbocycles. The molecule has 0 atom stereocenters. The minimum atomic E-state index is -0.339. The fourth-order valence-electron chi connectivity index (χ4n) is 3.73. The van der Waals surface area contributed by atoms with Crippen molar-refractivity contribution in [2.45, 2.75) is 20.8 Å². The Morgan fingerprint density at radius 1 is 0.818 bits per heavy atom. The Labute approximate surface area is 192 Å². The van der Waals surface area contributed by atoms with Gasteiger partial charge in [0.05, 0.1) is 32.6 Å². The maximum atomic E-state index is 13.2. The molecular weight excluding hydrogens is 422 g/mol. The lowest BCUT2D eigenvalue weighted by atomic mass is 10.1. The van der Waals surface area contributed by atoms with Crippen LogP contribution in [0.4, 0.5) is 5.69 Å². The molecule has 33 heavy (non-hydrogen) atoms. The van der Waals surface area contributed by atoms with Crippen LogP contribution in [-0.2, 0) is 0 Å². The summed E-state index contributed by atoms with van der Waals surface area (Å²) in [6, 6.07) is 14.7. The molecule has 0 saturated heterocycles. The number of amides is 1. The Kier molecular flexibility index (Phi) is 6.58. The number of anilines is 1. The van der Waals surface area contributed by atoms with E-state index in [0.717, 1.165) is 16.4 Å². The number of carbonyl (C=O) groups is 1. The third kappa shape index (κ3) is 4.39. The molecule has 7 heteroatoms. The molecule has 7 nitrogen and oxygen atoms in total. The molecule has 0 aliphatic rings. The van der Waals surface area contributed by atoms with Crippen molar-refractivity contribution in [2.24, 2.45) is 0 Å². The molecule has 0 spiro atoms. The fourth-order valence-corrected chi connectivity index (χ4v) is 3.73. The number of methoxy groups -OCH3 is 1. The van der Waals surface area contributed by atoms with E-state index in [1.54, 1.807) is 25.3 Å². The quantitative estimate of drug-likeness (QED) is 0.335. The molecular formula is C26H27NO6. The maximum absolute atomic E-state index is 13.2. The number of rotatable bonds is 9. The van der Waals surface area contributed by atoms with Crippen LogP contribution in [0.15, 0.2) is 52.9 Å². The molecule has 0 bridgehead atoms. The Hall–Kier alpha value is -3.87. The number of fused-ring (bicyclic) bond motifs is 3. The number of hydrogen-bond donors (Lipinski definition) is 1. The van der Waals surface area contributed by atoms with Gasteiger partial charge in [-0.05, 0) is 45.0 Å². The van der Waals surface area contributed by atoms with Crippen molar-refractivity contribution < 1.29 is 28.2 Å². The number of ether oxygens (including phenoxy) is 4. The second-order valence-electron chi connectivity index (χ2n) is 7.20. The Morgan fingerprint density at radius 2 is 1.48 bits per heavy atom. The van der Waals surface area contributed by atoms with Crippen LogP contribution in [0.1, 0.15) is 31.1 Å². The van der Waals surface area contributed by atoms with Gasteiger partial charge >= 0.3 is 0 Å². The smallest absolute Gasteiger partial charge is 0.256 e. The third-order valence-corrected chi connectivity index (χ3v) is 5.12. The summed E-state index contributed by atoms with van der Waals surface area (Å²) in [5, 5.41) is 4.83. The predicted octanol–water partition coefficient (Wildman–Crippen LogP) is 6.04. The molecule has 0 unspecified atom stereocenters. The van der Waals surface area contributed by atoms with Crippen molar-refractivity contribution in [3.63, 3.8) is 0 Å². The summed E-state index contributed by atoms with van der Waals surface area (Å²) in [6.07, 6.45) is 0. The average molecular weight is 450 g/mol. The van der Waals surface area contributed by atoms with Crippen molar-refractivity contribution >= 4 is 33.5 Å². The molecule has 3 aromatic carbocycles. The highest BCUT2D eigenvalue weighted by molar-refractivity contribution is 6.10. The summed E-state index contributed by atoms with van der Waals surface area (Å²) in [7, 11) is 1.57. The highest BCUT2D eigenvalue weighted by Gasteiger charge is 2.20. The van der Waals surface area contributed by atoms with Crippen molar-refractivity contribution in [1.29, 1.82) is 0 Å². The maximum Gasteiger partial charge on any atom is 0.256 e. The van der Waals surface area contributed by atoms with Crippen LogP contribution in [-0.4, -0.2) is 32.8 Å². The molecule has 0 radical (unpaired) electrons. The van der Waals surface area contributed by atoms with E-state index in [0.29, 0.717) is 59.7 Å². The molecule has 0 fully saturated rings. The van der Waals surface area contributed by atoms with E-state index in [-0.39, 0.29) is 5.91 Å². The second kappa shape index (κ2) is 9.73. The summed E-state index contributed by atoms with van der Waals surface area (Å²) in [4.78, 5) is 13.2. The first-order valence-corrected chi connectivity index (χ1v) is 11.0. The number of benzene rings is 3. The van der Waals surface area contributed by atoms with Gasteiger partial charge in [0.25, 0.3) is 5.91 Å². The minimum Gasteiger partial charge on any atom is -0.495 e. The second-order valence-corrected chi connectivity index (χ2v) is 7.20. The van der Waals surface area contributed by atoms with Crippen LogP contribution in [0.25, 0.3) is 21.9 Å². The van der Waals surface area contributed by atoms with Crippen molar-refractivity contribution in [2.75, 3.05) is 32.2 Å². The van der Waals surface area contributed by atoms with Gasteiger partial charge in [-0.3, -0.25) is 4.79 Å². The van der Waals surface area contributed by atoms with Crippen molar-refractivity contribution in [3.8, 4) is 23.0 Å². The van der Waals surface area contributed by atoms with E-state index in [2.05, 4.69) is 5.32 Å². The molecule has 1 aromatic heterocycles. The van der Waals surface area contributed by atoms with Crippen molar-refractivity contribution in [1.82, 2.24) is 0 Å². The summed E-state index contributed by atoms with van der Waals surface area (Å²) in [6.45, 7) is 6.92. The van der Waals surface area contributed by atoms with Gasteiger partial charge in [-0.1, -0.05) is 18.2 Å². The molecule has 1 N–H and O–H groups in total. The third-order valence-electron chi connectivity index (χ3n) is 5.12. The van der Waals surface area contributed by atoms with E-state index in [1.165, 1.54) is 0 Å². The molecule has 4 rings (SSSR count). The lowest BCUT2D eigenvalue weighted by Crippen LogP contribution is -2.14. The summed E-state index contributed by atoms with van der Waals surface area (Å²) in [5.74, 6) is 1.58. The topological polar surface area (TPSA) is 79.2 Å². The molecule has 4 aromatic rings. The fraction of sp³-hybridized carbons (Fsp3) is 0.269. The van der Waals surface area contributed by atoms with Gasteiger partial charge in [-0.2, -0.15) is 0 Å². The first-order valence-electron chi connectivity index (χ1n) is 11.0. The first kappa shape index (κ1) is 22.3. The van der Waals surface area contributed by atoms with Crippen LogP contribution >= 0.6 is 0 Å². The summed E-state index contributed by atoms with van der Waals surface area (Å²) < 4.78 is 28.7. The van der Waals surface area contributed by atoms with E-state index in [4.69, 9.17) is 23.4 Å². The number of nitrogens with one attached hydrogen (secondary N) is 1. The van der Waals surface area contributed by atoms with E-state index < -0.39 is 0 Å². The van der Waals surface area contributed by atoms with Crippen LogP contribution in [0, 0.1) is 0 Å². The summed E-state index contributed by atoms with van der Waals surface area (Å²) >= 11 is 0. The van der Waals surface area contributed by atoms with Gasteiger partial charge in [0.1, 0.15) is 16.9 Å². The van der Waals surface area contributed by atoms with Gasteiger partial charge in [-0.25, -0.2) is 0 Å². The van der Waals surface area contributed by atoms with Gasteiger partial charge < -0.3 is 28.7 Å². The zero-order chi connectivity index (χ0) is 23.4. The van der Waals surface area contributed by atoms with Crippen LogP contribution in [0.5, 0.6) is 23.0 Å². The molecule has 1 heterocycles. The number of furan rings is 1. The number of hydrogen-bond acceptors (Lipinski definition) is 6. The summed E-state index contributed by atoms with van der Waals surface area (Å²) in [5.41, 5.74) is 2.30. The monoisotopic (exact) mass is 449 g/mol. The van der Waals surface area contributed by atoms with Crippen LogP contribution < -0.4 is 24.3 Å². The molecule has 0 aliphatic heterocycles. The lowest BCUT2D eigenvalue weighted by Gasteiger charge is -2.17. The Morgan fingerprint density at radius 3 is 2.12 bits per heavy atom. The van der Waals surface area contributed by atoms with Gasteiger partial charge in [-0.15, -0.1) is 0 Å². The van der Waals surface area contributed by atoms with Gasteiger partial charge in [0.2, 0.25) is 5.75 Å². The normalized spacial score (nSPS) is 10.9. The van der Waals surface area contributed by atoms with Crippen molar-refractivity contribution in [3.05, 3.63) is 54.1 Å². The standard InChI is InChI=1S/C26H27NO6/c1-5-30-23-12-16(13-24(31-6-2)25(23)32-7-3)26(28)27-19-15-21-18(14-22(19)29-4)17-10-8-9-11-20(17)33-21/h8-15H,5-7H2,1-4H3,(H,27,28). The van der Waals surface area contributed by atoms with E-state index in [1.807, 2.05) is 51.1 Å². The van der Waals surface area contributed by atoms with Gasteiger partial charge in [0, 0.05) is 22.4 Å². The Bertz CT molecular complexity index is 1270. The van der Waals surface area contributed by atoms with Crippen LogP contribution in [0.3, 0.4) is 0 Å². The largest absolute Gasteiger partial charge is 0.495 e. The minimum absolute atomic E-state index is 0.339. The molecule has 0 aliphatic carbocycles. The zero-order valence-corrected chi connectivity index (χ0v) is 19.2. The average Bonchev–Trinajstić information content (AvgIpc) is 3.18. The highest BCUT2D eigenvalue weighted by atomic mass is 16.5. The van der Waals surface area contributed by atoms with Gasteiger partial charge in [0.15, 0.2) is 11.5 Å². The SMILES string of the molecule is CCOc1cc(C(=O)Nc2cc3oc4ccccc4c3cc2OC)cc(OCC)c1OCC. The number of para-hydroxylation sites is 1. The molecule has 172 valence electrons. The predicted molar refractivity (Wildman–Crippen MR) is 128 cm³/mol. The number of carbonyl (C=O) groups excluding carboxylic acids is 1. The highest BCUT2D eigenvalue weighted by Crippen LogP contribution is 2.40. The molecule has 1 amide bonds. The Balaban J connectivity index is 1.73. The first-order chi connectivity index (χ1) is 16.1. The van der Waals surface area contributed by atoms with E-state index >= 15 is 0 Å².